The average molecular weight is 746 g/mol. The number of para-hydroxylation sites is 3. The zero-order valence-electron chi connectivity index (χ0n) is 31.5. The van der Waals surface area contributed by atoms with E-state index in [4.69, 9.17) is 14.4 Å². The summed E-state index contributed by atoms with van der Waals surface area (Å²) in [6.45, 7) is 5.04. The van der Waals surface area contributed by atoms with E-state index < -0.39 is 8.07 Å². The summed E-state index contributed by atoms with van der Waals surface area (Å²) in [5.74, 6) is 0.697. The molecular weight excluding hydrogens is 711 g/mol. The van der Waals surface area contributed by atoms with Crippen molar-refractivity contribution in [3.63, 3.8) is 0 Å². The molecule has 0 amide bonds. The molecule has 5 heteroatoms. The van der Waals surface area contributed by atoms with Gasteiger partial charge in [0.25, 0.3) is 0 Å². The molecule has 12 rings (SSSR count). The van der Waals surface area contributed by atoms with Crippen LogP contribution in [-0.4, -0.2) is 22.6 Å². The molecule has 0 unspecified atom stereocenters. The molecule has 4 heterocycles. The number of furan rings is 1. The fourth-order valence-corrected chi connectivity index (χ4v) is 13.1. The first-order valence-corrected chi connectivity index (χ1v) is 22.6. The molecule has 0 saturated carbocycles. The molecule has 0 radical (unpaired) electrons. The Balaban J connectivity index is 1.22. The summed E-state index contributed by atoms with van der Waals surface area (Å²) in [7, 11) is -2.17. The van der Waals surface area contributed by atoms with Gasteiger partial charge in [-0.1, -0.05) is 140 Å². The van der Waals surface area contributed by atoms with Crippen LogP contribution in [0.3, 0.4) is 0 Å². The molecule has 268 valence electrons. The molecule has 0 fully saturated rings. The second-order valence-electron chi connectivity index (χ2n) is 15.7. The monoisotopic (exact) mass is 745 g/mol. The SMILES string of the molecule is C[Si]1(C)c2ccccc2-c2ccc3c(-c4nc(-c5ccccc5)cc(-c5ccc6c(c5)oc5ccccc56)n4)cc4c(c5ccccc5n4-c4ccccc4)c3c21. The maximum Gasteiger partial charge on any atom is 0.161 e. The van der Waals surface area contributed by atoms with E-state index in [1.807, 2.05) is 12.1 Å². The van der Waals surface area contributed by atoms with Crippen molar-refractivity contribution in [2.45, 2.75) is 13.1 Å². The highest BCUT2D eigenvalue weighted by Crippen LogP contribution is 2.44. The van der Waals surface area contributed by atoms with Gasteiger partial charge in [0.1, 0.15) is 19.2 Å². The van der Waals surface area contributed by atoms with E-state index in [0.717, 1.165) is 61.2 Å². The zero-order chi connectivity index (χ0) is 37.8. The number of hydrogen-bond acceptors (Lipinski definition) is 3. The van der Waals surface area contributed by atoms with Crippen LogP contribution in [0.4, 0.5) is 0 Å². The number of hydrogen-bond donors (Lipinski definition) is 0. The minimum absolute atomic E-state index is 0.697. The fraction of sp³-hybridized carbons (Fsp3) is 0.0385. The molecule has 1 aliphatic heterocycles. The first kappa shape index (κ1) is 32.2. The largest absolute Gasteiger partial charge is 0.456 e. The van der Waals surface area contributed by atoms with Crippen LogP contribution < -0.4 is 10.4 Å². The van der Waals surface area contributed by atoms with Gasteiger partial charge in [0.05, 0.1) is 22.4 Å². The third-order valence-corrected chi connectivity index (χ3v) is 15.7. The van der Waals surface area contributed by atoms with Gasteiger partial charge in [0, 0.05) is 43.9 Å². The van der Waals surface area contributed by atoms with Gasteiger partial charge < -0.3 is 8.98 Å². The minimum Gasteiger partial charge on any atom is -0.456 e. The summed E-state index contributed by atoms with van der Waals surface area (Å²) < 4.78 is 8.81. The highest BCUT2D eigenvalue weighted by atomic mass is 28.3. The normalized spacial score (nSPS) is 13.2. The predicted octanol–water partition coefficient (Wildman–Crippen LogP) is 12.4. The summed E-state index contributed by atoms with van der Waals surface area (Å²) in [6, 6.07) is 63.0. The highest BCUT2D eigenvalue weighted by Gasteiger charge is 2.40. The summed E-state index contributed by atoms with van der Waals surface area (Å²) in [5, 5.41) is 10.2. The van der Waals surface area contributed by atoms with Gasteiger partial charge in [-0.2, -0.15) is 0 Å². The van der Waals surface area contributed by atoms with Crippen molar-refractivity contribution in [1.82, 2.24) is 14.5 Å². The lowest BCUT2D eigenvalue weighted by molar-refractivity contribution is 0.669. The van der Waals surface area contributed by atoms with Crippen LogP contribution in [0.25, 0.3) is 105 Å². The molecule has 8 aromatic carbocycles. The van der Waals surface area contributed by atoms with Gasteiger partial charge >= 0.3 is 0 Å². The first-order valence-electron chi connectivity index (χ1n) is 19.6. The lowest BCUT2D eigenvalue weighted by atomic mass is 9.94. The number of benzene rings is 8. The molecule has 11 aromatic rings. The van der Waals surface area contributed by atoms with E-state index >= 15 is 0 Å². The van der Waals surface area contributed by atoms with Crippen LogP contribution in [0.1, 0.15) is 0 Å². The Hall–Kier alpha value is -7.08. The van der Waals surface area contributed by atoms with E-state index in [1.165, 1.54) is 48.6 Å². The molecule has 0 spiro atoms. The van der Waals surface area contributed by atoms with E-state index in [0.29, 0.717) is 5.82 Å². The van der Waals surface area contributed by atoms with E-state index in [9.17, 15) is 0 Å². The Morgan fingerprint density at radius 2 is 1.12 bits per heavy atom. The molecule has 57 heavy (non-hydrogen) atoms. The number of fused-ring (bicyclic) bond motifs is 12. The summed E-state index contributed by atoms with van der Waals surface area (Å²) in [4.78, 5) is 10.9. The minimum atomic E-state index is -2.17. The maximum atomic E-state index is 6.38. The van der Waals surface area contributed by atoms with Gasteiger partial charge in [0.15, 0.2) is 5.82 Å². The maximum absolute atomic E-state index is 6.38. The highest BCUT2D eigenvalue weighted by molar-refractivity contribution is 7.05. The summed E-state index contributed by atoms with van der Waals surface area (Å²) in [6.07, 6.45) is 0. The van der Waals surface area contributed by atoms with Gasteiger partial charge in [0.2, 0.25) is 0 Å². The van der Waals surface area contributed by atoms with Gasteiger partial charge in [-0.05, 0) is 80.8 Å². The van der Waals surface area contributed by atoms with Crippen molar-refractivity contribution in [2.24, 2.45) is 0 Å². The third-order valence-electron chi connectivity index (χ3n) is 12.2. The van der Waals surface area contributed by atoms with Crippen LogP contribution >= 0.6 is 0 Å². The van der Waals surface area contributed by atoms with Crippen LogP contribution in [0, 0.1) is 0 Å². The first-order chi connectivity index (χ1) is 28.0. The second kappa shape index (κ2) is 12.0. The number of rotatable bonds is 4. The summed E-state index contributed by atoms with van der Waals surface area (Å²) in [5.41, 5.74) is 12.7. The van der Waals surface area contributed by atoms with E-state index in [2.05, 4.69) is 181 Å². The Morgan fingerprint density at radius 1 is 0.456 bits per heavy atom. The quantitative estimate of drug-likeness (QED) is 0.169. The van der Waals surface area contributed by atoms with Crippen molar-refractivity contribution in [1.29, 1.82) is 0 Å². The Bertz CT molecular complexity index is 3430. The Labute approximate surface area is 330 Å². The molecule has 0 aliphatic carbocycles. The number of nitrogens with zero attached hydrogens (tertiary/aromatic N) is 3. The van der Waals surface area contributed by atoms with Crippen LogP contribution in [0.5, 0.6) is 0 Å². The molecular formula is C52H35N3OSi. The Kier molecular flexibility index (Phi) is 6.75. The van der Waals surface area contributed by atoms with Crippen molar-refractivity contribution in [3.8, 4) is 50.7 Å². The zero-order valence-corrected chi connectivity index (χ0v) is 32.5. The van der Waals surface area contributed by atoms with Gasteiger partial charge in [-0.3, -0.25) is 0 Å². The van der Waals surface area contributed by atoms with Crippen molar-refractivity contribution >= 4 is 73.0 Å². The molecule has 0 bridgehead atoms. The van der Waals surface area contributed by atoms with Crippen molar-refractivity contribution < 1.29 is 4.42 Å². The number of aromatic nitrogens is 3. The van der Waals surface area contributed by atoms with Crippen LogP contribution in [-0.2, 0) is 0 Å². The van der Waals surface area contributed by atoms with Crippen molar-refractivity contribution in [2.75, 3.05) is 0 Å². The van der Waals surface area contributed by atoms with E-state index in [1.54, 1.807) is 0 Å². The van der Waals surface area contributed by atoms with Gasteiger partial charge in [-0.25, -0.2) is 9.97 Å². The van der Waals surface area contributed by atoms with Gasteiger partial charge in [-0.15, -0.1) is 0 Å². The second-order valence-corrected chi connectivity index (χ2v) is 20.0. The smallest absolute Gasteiger partial charge is 0.161 e. The fourth-order valence-electron chi connectivity index (χ4n) is 9.63. The standard InChI is InChI=1S/C52H35N3OSi/c1-57(2)48-24-14-11-20-37(48)39-28-27-38-41(30-45-49(50(38)51(39)57)40-21-9-12-22-44(40)55(45)34-17-7-4-8-18-34)52-53-42(32-15-5-3-6-16-32)31-43(54-52)33-25-26-36-35-19-10-13-23-46(35)56-47(36)29-33/h3-31H,1-2H3. The molecule has 1 aliphatic rings. The lowest BCUT2D eigenvalue weighted by Crippen LogP contribution is -2.49. The third kappa shape index (κ3) is 4.67. The topological polar surface area (TPSA) is 43.9 Å². The molecule has 0 saturated heterocycles. The van der Waals surface area contributed by atoms with E-state index in [-0.39, 0.29) is 0 Å². The van der Waals surface area contributed by atoms with Crippen molar-refractivity contribution in [3.05, 3.63) is 176 Å². The Morgan fingerprint density at radius 3 is 1.96 bits per heavy atom. The predicted molar refractivity (Wildman–Crippen MR) is 240 cm³/mol. The van der Waals surface area contributed by atoms with Crippen LogP contribution in [0.15, 0.2) is 180 Å². The lowest BCUT2D eigenvalue weighted by Gasteiger charge is -2.22. The van der Waals surface area contributed by atoms with Crippen LogP contribution in [0.2, 0.25) is 13.1 Å². The molecule has 3 aromatic heterocycles. The molecule has 4 nitrogen and oxygen atoms in total. The average Bonchev–Trinajstić information content (AvgIpc) is 3.89. The molecule has 0 N–H and O–H groups in total. The molecule has 0 atom stereocenters. The summed E-state index contributed by atoms with van der Waals surface area (Å²) >= 11 is 0.